The van der Waals surface area contributed by atoms with Gasteiger partial charge in [-0.05, 0) is 30.3 Å². The first-order chi connectivity index (χ1) is 10.6. The van der Waals surface area contributed by atoms with E-state index in [1.807, 2.05) is 14.1 Å². The van der Waals surface area contributed by atoms with Crippen molar-refractivity contribution >= 4 is 17.6 Å². The second kappa shape index (κ2) is 5.76. The Kier molecular flexibility index (Phi) is 3.65. The second-order valence-electron chi connectivity index (χ2n) is 4.74. The van der Waals surface area contributed by atoms with E-state index in [0.29, 0.717) is 23.5 Å². The van der Waals surface area contributed by atoms with E-state index in [0.717, 1.165) is 0 Å². The molecule has 2 aromatic heterocycles. The predicted octanol–water partition coefficient (Wildman–Crippen LogP) is 2.01. The summed E-state index contributed by atoms with van der Waals surface area (Å²) < 4.78 is 14.5. The van der Waals surface area contributed by atoms with Gasteiger partial charge in [-0.1, -0.05) is 0 Å². The Morgan fingerprint density at radius 3 is 2.50 bits per heavy atom. The number of anilines is 3. The number of hydrogen-bond donors (Lipinski definition) is 1. The highest BCUT2D eigenvalue weighted by molar-refractivity contribution is 5.54. The Labute approximate surface area is 126 Å². The van der Waals surface area contributed by atoms with Gasteiger partial charge < -0.3 is 10.2 Å². The molecule has 0 atom stereocenters. The Bertz CT molecular complexity index is 753. The summed E-state index contributed by atoms with van der Waals surface area (Å²) in [6.45, 7) is 0. The maximum atomic E-state index is 13.0. The van der Waals surface area contributed by atoms with Gasteiger partial charge in [0.15, 0.2) is 0 Å². The molecule has 1 aromatic carbocycles. The van der Waals surface area contributed by atoms with Crippen LogP contribution in [-0.4, -0.2) is 38.8 Å². The summed E-state index contributed by atoms with van der Waals surface area (Å²) >= 11 is 0. The third-order valence-electron chi connectivity index (χ3n) is 2.82. The molecule has 112 valence electrons. The van der Waals surface area contributed by atoms with Crippen molar-refractivity contribution in [1.29, 1.82) is 0 Å². The van der Waals surface area contributed by atoms with Gasteiger partial charge in [0.1, 0.15) is 5.82 Å². The Morgan fingerprint density at radius 1 is 1.09 bits per heavy atom. The Hall–Kier alpha value is -3.03. The van der Waals surface area contributed by atoms with Crippen LogP contribution in [0.1, 0.15) is 0 Å². The molecule has 0 aliphatic rings. The summed E-state index contributed by atoms with van der Waals surface area (Å²) in [5, 5.41) is 7.15. The minimum atomic E-state index is -0.299. The molecular formula is C14H14FN7. The van der Waals surface area contributed by atoms with Crippen LogP contribution in [-0.2, 0) is 0 Å². The lowest BCUT2D eigenvalue weighted by atomic mass is 10.3. The lowest BCUT2D eigenvalue weighted by Gasteiger charge is -2.13. The fraction of sp³-hybridized carbons (Fsp3) is 0.143. The molecule has 0 bridgehead atoms. The van der Waals surface area contributed by atoms with Gasteiger partial charge in [0.25, 0.3) is 5.95 Å². The molecule has 0 aliphatic heterocycles. The van der Waals surface area contributed by atoms with Crippen molar-refractivity contribution in [2.24, 2.45) is 0 Å². The number of nitrogens with one attached hydrogen (secondary N) is 1. The van der Waals surface area contributed by atoms with Crippen molar-refractivity contribution in [3.63, 3.8) is 0 Å². The van der Waals surface area contributed by atoms with Crippen LogP contribution in [0.2, 0.25) is 0 Å². The lowest BCUT2D eigenvalue weighted by Crippen LogP contribution is -2.16. The SMILES string of the molecule is CN(C)c1nc(Nc2ccc(F)cc2)nc(-n2cccn2)n1. The maximum Gasteiger partial charge on any atom is 0.257 e. The zero-order chi connectivity index (χ0) is 15.5. The summed E-state index contributed by atoms with van der Waals surface area (Å²) in [6.07, 6.45) is 3.39. The molecule has 0 amide bonds. The normalized spacial score (nSPS) is 10.5. The van der Waals surface area contributed by atoms with Gasteiger partial charge in [-0.2, -0.15) is 20.1 Å². The largest absolute Gasteiger partial charge is 0.347 e. The fourth-order valence-electron chi connectivity index (χ4n) is 1.76. The summed E-state index contributed by atoms with van der Waals surface area (Å²) in [5.41, 5.74) is 0.684. The molecule has 0 saturated carbocycles. The number of benzene rings is 1. The molecule has 8 heteroatoms. The Morgan fingerprint density at radius 2 is 1.86 bits per heavy atom. The zero-order valence-corrected chi connectivity index (χ0v) is 12.1. The van der Waals surface area contributed by atoms with Crippen LogP contribution in [0.3, 0.4) is 0 Å². The van der Waals surface area contributed by atoms with E-state index in [-0.39, 0.29) is 5.82 Å². The van der Waals surface area contributed by atoms with E-state index in [2.05, 4.69) is 25.4 Å². The topological polar surface area (TPSA) is 71.8 Å². The molecule has 2 heterocycles. The first-order valence-corrected chi connectivity index (χ1v) is 6.58. The first-order valence-electron chi connectivity index (χ1n) is 6.58. The number of aromatic nitrogens is 5. The third-order valence-corrected chi connectivity index (χ3v) is 2.82. The van der Waals surface area contributed by atoms with Crippen LogP contribution in [0.25, 0.3) is 5.95 Å². The number of rotatable bonds is 4. The van der Waals surface area contributed by atoms with E-state index < -0.39 is 0 Å². The molecule has 0 saturated heterocycles. The third kappa shape index (κ3) is 3.00. The van der Waals surface area contributed by atoms with Gasteiger partial charge in [0, 0.05) is 32.2 Å². The number of nitrogens with zero attached hydrogens (tertiary/aromatic N) is 6. The summed E-state index contributed by atoms with van der Waals surface area (Å²) in [4.78, 5) is 14.7. The second-order valence-corrected chi connectivity index (χ2v) is 4.74. The molecule has 0 spiro atoms. The lowest BCUT2D eigenvalue weighted by molar-refractivity contribution is 0.628. The van der Waals surface area contributed by atoms with E-state index in [1.54, 1.807) is 40.2 Å². The molecule has 7 nitrogen and oxygen atoms in total. The van der Waals surface area contributed by atoms with E-state index in [1.165, 1.54) is 12.1 Å². The van der Waals surface area contributed by atoms with Crippen LogP contribution in [0.5, 0.6) is 0 Å². The average Bonchev–Trinajstić information content (AvgIpc) is 3.04. The quantitative estimate of drug-likeness (QED) is 0.794. The minimum absolute atomic E-state index is 0.299. The highest BCUT2D eigenvalue weighted by atomic mass is 19.1. The monoisotopic (exact) mass is 299 g/mol. The van der Waals surface area contributed by atoms with Crippen molar-refractivity contribution in [3.8, 4) is 5.95 Å². The molecule has 3 rings (SSSR count). The summed E-state index contributed by atoms with van der Waals surface area (Å²) in [6, 6.07) is 7.74. The average molecular weight is 299 g/mol. The molecule has 22 heavy (non-hydrogen) atoms. The van der Waals surface area contributed by atoms with Gasteiger partial charge in [-0.3, -0.25) is 0 Å². The molecule has 0 fully saturated rings. The van der Waals surface area contributed by atoms with Crippen LogP contribution in [0, 0.1) is 5.82 Å². The highest BCUT2D eigenvalue weighted by Gasteiger charge is 2.10. The van der Waals surface area contributed by atoms with Crippen LogP contribution >= 0.6 is 0 Å². The Balaban J connectivity index is 1.97. The van der Waals surface area contributed by atoms with Gasteiger partial charge in [0.2, 0.25) is 11.9 Å². The molecular weight excluding hydrogens is 285 g/mol. The summed E-state index contributed by atoms with van der Waals surface area (Å²) in [5.74, 6) is 0.946. The standard InChI is InChI=1S/C14H14FN7/c1-21(2)13-18-12(17-11-6-4-10(15)5-7-11)19-14(20-13)22-9-3-8-16-22/h3-9H,1-2H3,(H,17,18,19,20). The van der Waals surface area contributed by atoms with E-state index in [9.17, 15) is 4.39 Å². The summed E-state index contributed by atoms with van der Waals surface area (Å²) in [7, 11) is 3.67. The van der Waals surface area contributed by atoms with Gasteiger partial charge in [-0.25, -0.2) is 9.07 Å². The van der Waals surface area contributed by atoms with Crippen molar-refractivity contribution in [3.05, 3.63) is 48.5 Å². The predicted molar refractivity (Wildman–Crippen MR) is 81.0 cm³/mol. The minimum Gasteiger partial charge on any atom is -0.347 e. The molecule has 0 unspecified atom stereocenters. The molecule has 1 N–H and O–H groups in total. The molecule has 0 aliphatic carbocycles. The van der Waals surface area contributed by atoms with Gasteiger partial charge in [0.05, 0.1) is 0 Å². The van der Waals surface area contributed by atoms with Crippen molar-refractivity contribution in [2.75, 3.05) is 24.3 Å². The van der Waals surface area contributed by atoms with Gasteiger partial charge >= 0.3 is 0 Å². The highest BCUT2D eigenvalue weighted by Crippen LogP contribution is 2.16. The van der Waals surface area contributed by atoms with Crippen molar-refractivity contribution < 1.29 is 4.39 Å². The van der Waals surface area contributed by atoms with Crippen LogP contribution < -0.4 is 10.2 Å². The molecule has 0 radical (unpaired) electrons. The van der Waals surface area contributed by atoms with E-state index >= 15 is 0 Å². The van der Waals surface area contributed by atoms with E-state index in [4.69, 9.17) is 0 Å². The maximum absolute atomic E-state index is 13.0. The van der Waals surface area contributed by atoms with Crippen LogP contribution in [0.15, 0.2) is 42.7 Å². The number of hydrogen-bond acceptors (Lipinski definition) is 6. The van der Waals surface area contributed by atoms with Crippen molar-refractivity contribution in [2.45, 2.75) is 0 Å². The smallest absolute Gasteiger partial charge is 0.257 e. The fourth-order valence-corrected chi connectivity index (χ4v) is 1.76. The molecule has 3 aromatic rings. The zero-order valence-electron chi connectivity index (χ0n) is 12.1. The van der Waals surface area contributed by atoms with Crippen molar-refractivity contribution in [1.82, 2.24) is 24.7 Å². The first kappa shape index (κ1) is 13.9. The van der Waals surface area contributed by atoms with Crippen LogP contribution in [0.4, 0.5) is 22.0 Å². The number of halogens is 1. The van der Waals surface area contributed by atoms with Gasteiger partial charge in [-0.15, -0.1) is 0 Å².